The standard InChI is InChI=1S/C8H16N2/c1-6-3-2-4-8-7(6)5-9-10-8/h6-10H,2-5H2,1H3/t6-,7?,8?/m1/s1. The van der Waals surface area contributed by atoms with Crippen molar-refractivity contribution in [2.45, 2.75) is 32.2 Å². The van der Waals surface area contributed by atoms with Crippen molar-refractivity contribution >= 4 is 0 Å². The first-order valence-electron chi connectivity index (χ1n) is 4.36. The van der Waals surface area contributed by atoms with E-state index >= 15 is 0 Å². The van der Waals surface area contributed by atoms with E-state index in [4.69, 9.17) is 0 Å². The molecule has 2 aliphatic rings. The fourth-order valence-corrected chi connectivity index (χ4v) is 2.31. The predicted octanol–water partition coefficient (Wildman–Crippen LogP) is 0.899. The van der Waals surface area contributed by atoms with Crippen molar-refractivity contribution in [2.24, 2.45) is 11.8 Å². The van der Waals surface area contributed by atoms with Crippen molar-refractivity contribution in [1.82, 2.24) is 10.9 Å². The number of hydrogen-bond donors (Lipinski definition) is 2. The van der Waals surface area contributed by atoms with E-state index < -0.39 is 0 Å². The summed E-state index contributed by atoms with van der Waals surface area (Å²) in [4.78, 5) is 0. The second-order valence-corrected chi connectivity index (χ2v) is 3.70. The molecule has 1 saturated carbocycles. The molecule has 1 aliphatic heterocycles. The highest BCUT2D eigenvalue weighted by Crippen LogP contribution is 2.31. The van der Waals surface area contributed by atoms with Gasteiger partial charge in [-0.1, -0.05) is 19.8 Å². The molecule has 2 N–H and O–H groups in total. The molecule has 3 atom stereocenters. The van der Waals surface area contributed by atoms with E-state index in [0.29, 0.717) is 0 Å². The third-order valence-corrected chi connectivity index (χ3v) is 3.05. The molecule has 0 aromatic rings. The second-order valence-electron chi connectivity index (χ2n) is 3.70. The van der Waals surface area contributed by atoms with Crippen LogP contribution in [0.3, 0.4) is 0 Å². The zero-order chi connectivity index (χ0) is 6.97. The van der Waals surface area contributed by atoms with Gasteiger partial charge in [0.15, 0.2) is 0 Å². The Morgan fingerprint density at radius 2 is 2.20 bits per heavy atom. The molecule has 0 aromatic heterocycles. The highest BCUT2D eigenvalue weighted by molar-refractivity contribution is 4.88. The Hall–Kier alpha value is -0.0800. The van der Waals surface area contributed by atoms with Crippen molar-refractivity contribution in [3.8, 4) is 0 Å². The molecule has 0 bridgehead atoms. The van der Waals surface area contributed by atoms with Crippen LogP contribution in [0, 0.1) is 11.8 Å². The zero-order valence-electron chi connectivity index (χ0n) is 6.56. The van der Waals surface area contributed by atoms with Gasteiger partial charge in [-0.15, -0.1) is 0 Å². The number of rotatable bonds is 0. The molecule has 1 saturated heterocycles. The van der Waals surface area contributed by atoms with Crippen LogP contribution in [0.4, 0.5) is 0 Å². The summed E-state index contributed by atoms with van der Waals surface area (Å²) in [7, 11) is 0. The Morgan fingerprint density at radius 1 is 1.30 bits per heavy atom. The summed E-state index contributed by atoms with van der Waals surface area (Å²) < 4.78 is 0. The monoisotopic (exact) mass is 140 g/mol. The molecular formula is C8H16N2. The lowest BCUT2D eigenvalue weighted by Crippen LogP contribution is -2.35. The fraction of sp³-hybridized carbons (Fsp3) is 1.00. The lowest BCUT2D eigenvalue weighted by atomic mass is 9.78. The van der Waals surface area contributed by atoms with Gasteiger partial charge in [0.2, 0.25) is 0 Å². The van der Waals surface area contributed by atoms with Gasteiger partial charge >= 0.3 is 0 Å². The molecule has 0 radical (unpaired) electrons. The van der Waals surface area contributed by atoms with Crippen LogP contribution in [0.5, 0.6) is 0 Å². The molecule has 0 aromatic carbocycles. The SMILES string of the molecule is C[C@@H]1CCCC2NNCC21. The number of fused-ring (bicyclic) bond motifs is 1. The van der Waals surface area contributed by atoms with Crippen LogP contribution in [-0.4, -0.2) is 12.6 Å². The Bertz CT molecular complexity index is 124. The van der Waals surface area contributed by atoms with Crippen LogP contribution in [-0.2, 0) is 0 Å². The Kier molecular flexibility index (Phi) is 1.66. The first kappa shape index (κ1) is 6.62. The maximum atomic E-state index is 3.34. The fourth-order valence-electron chi connectivity index (χ4n) is 2.31. The summed E-state index contributed by atoms with van der Waals surface area (Å²) in [6.45, 7) is 3.57. The van der Waals surface area contributed by atoms with Crippen molar-refractivity contribution in [3.05, 3.63) is 0 Å². The van der Waals surface area contributed by atoms with Gasteiger partial charge in [-0.3, -0.25) is 10.9 Å². The molecule has 2 heteroatoms. The van der Waals surface area contributed by atoms with Crippen molar-refractivity contribution in [1.29, 1.82) is 0 Å². The lowest BCUT2D eigenvalue weighted by Gasteiger charge is -2.29. The van der Waals surface area contributed by atoms with Gasteiger partial charge in [-0.2, -0.15) is 0 Å². The largest absolute Gasteiger partial charge is 0.257 e. The smallest absolute Gasteiger partial charge is 0.0256 e. The zero-order valence-corrected chi connectivity index (χ0v) is 6.56. The van der Waals surface area contributed by atoms with Crippen LogP contribution >= 0.6 is 0 Å². The predicted molar refractivity (Wildman–Crippen MR) is 41.4 cm³/mol. The first-order valence-corrected chi connectivity index (χ1v) is 4.36. The molecule has 2 nitrogen and oxygen atoms in total. The molecule has 10 heavy (non-hydrogen) atoms. The van der Waals surface area contributed by atoms with E-state index in [2.05, 4.69) is 17.8 Å². The van der Waals surface area contributed by atoms with Crippen molar-refractivity contribution < 1.29 is 0 Å². The van der Waals surface area contributed by atoms with Crippen LogP contribution in [0.15, 0.2) is 0 Å². The summed E-state index contributed by atoms with van der Waals surface area (Å²) >= 11 is 0. The minimum atomic E-state index is 0.781. The molecule has 2 unspecified atom stereocenters. The summed E-state index contributed by atoms with van der Waals surface area (Å²) in [6, 6.07) is 0.781. The topological polar surface area (TPSA) is 24.1 Å². The number of hydrogen-bond acceptors (Lipinski definition) is 2. The maximum Gasteiger partial charge on any atom is 0.0256 e. The minimum Gasteiger partial charge on any atom is -0.257 e. The molecule has 1 aliphatic carbocycles. The van der Waals surface area contributed by atoms with Gasteiger partial charge in [-0.25, -0.2) is 0 Å². The molecule has 0 amide bonds. The number of hydrazine groups is 1. The van der Waals surface area contributed by atoms with E-state index in [9.17, 15) is 0 Å². The van der Waals surface area contributed by atoms with E-state index in [1.807, 2.05) is 0 Å². The summed E-state index contributed by atoms with van der Waals surface area (Å²) in [5.41, 5.74) is 6.58. The average Bonchev–Trinajstić information content (AvgIpc) is 2.36. The number of nitrogens with one attached hydrogen (secondary N) is 2. The normalized spacial score (nSPS) is 47.1. The minimum absolute atomic E-state index is 0.781. The van der Waals surface area contributed by atoms with Crippen LogP contribution in [0.2, 0.25) is 0 Å². The Balaban J connectivity index is 2.03. The van der Waals surface area contributed by atoms with Crippen LogP contribution in [0.1, 0.15) is 26.2 Å². The van der Waals surface area contributed by atoms with E-state index in [-0.39, 0.29) is 0 Å². The van der Waals surface area contributed by atoms with Gasteiger partial charge in [0.05, 0.1) is 0 Å². The lowest BCUT2D eigenvalue weighted by molar-refractivity contribution is 0.246. The Labute approximate surface area is 62.4 Å². The molecule has 1 heterocycles. The second kappa shape index (κ2) is 2.51. The van der Waals surface area contributed by atoms with Crippen molar-refractivity contribution in [3.63, 3.8) is 0 Å². The van der Waals surface area contributed by atoms with Crippen LogP contribution in [0.25, 0.3) is 0 Å². The summed E-state index contributed by atoms with van der Waals surface area (Å²) in [5, 5.41) is 0. The van der Waals surface area contributed by atoms with Crippen molar-refractivity contribution in [2.75, 3.05) is 6.54 Å². The third-order valence-electron chi connectivity index (χ3n) is 3.05. The molecule has 2 fully saturated rings. The highest BCUT2D eigenvalue weighted by atomic mass is 15.4. The van der Waals surface area contributed by atoms with Gasteiger partial charge in [0, 0.05) is 12.6 Å². The molecule has 0 spiro atoms. The highest BCUT2D eigenvalue weighted by Gasteiger charge is 2.33. The summed E-state index contributed by atoms with van der Waals surface area (Å²) in [5.74, 6) is 1.84. The van der Waals surface area contributed by atoms with Gasteiger partial charge in [0.1, 0.15) is 0 Å². The van der Waals surface area contributed by atoms with E-state index in [1.165, 1.54) is 25.8 Å². The third kappa shape index (κ3) is 0.956. The molecular weight excluding hydrogens is 124 g/mol. The van der Waals surface area contributed by atoms with Gasteiger partial charge in [0.25, 0.3) is 0 Å². The Morgan fingerprint density at radius 3 is 3.00 bits per heavy atom. The first-order chi connectivity index (χ1) is 4.88. The van der Waals surface area contributed by atoms with Gasteiger partial charge < -0.3 is 0 Å². The van der Waals surface area contributed by atoms with Crippen LogP contribution < -0.4 is 10.9 Å². The molecule has 58 valence electrons. The summed E-state index contributed by atoms with van der Waals surface area (Å²) in [6.07, 6.45) is 4.23. The average molecular weight is 140 g/mol. The quantitative estimate of drug-likeness (QED) is 0.522. The van der Waals surface area contributed by atoms with E-state index in [0.717, 1.165) is 17.9 Å². The van der Waals surface area contributed by atoms with E-state index in [1.54, 1.807) is 0 Å². The van der Waals surface area contributed by atoms with Gasteiger partial charge in [-0.05, 0) is 18.3 Å². The maximum absolute atomic E-state index is 3.34. The molecule has 2 rings (SSSR count).